The van der Waals surface area contributed by atoms with Gasteiger partial charge >= 0.3 is 11.7 Å². The molecule has 0 aliphatic heterocycles. The monoisotopic (exact) mass is 462 g/mol. The van der Waals surface area contributed by atoms with E-state index in [9.17, 15) is 25.0 Å². The number of hydrogen-bond acceptors (Lipinski definition) is 7. The van der Waals surface area contributed by atoms with Crippen molar-refractivity contribution in [1.29, 1.82) is 0 Å². The summed E-state index contributed by atoms with van der Waals surface area (Å²) in [6.07, 6.45) is 20.7. The maximum absolute atomic E-state index is 11.8. The first-order chi connectivity index (χ1) is 16.0. The zero-order chi connectivity index (χ0) is 24.3. The molecule has 9 nitrogen and oxygen atoms in total. The number of rotatable bonds is 18. The Labute approximate surface area is 194 Å². The zero-order valence-corrected chi connectivity index (χ0v) is 19.3. The topological polar surface area (TPSA) is 122 Å². The average Bonchev–Trinajstić information content (AvgIpc) is 2.79. The molecule has 182 valence electrons. The number of carbonyl (C=O) groups excluding carboxylic acids is 1. The quantitative estimate of drug-likeness (QED) is 0.0746. The second kappa shape index (κ2) is 17.3. The SMILES string of the molecule is CCCCC/C=C\C/C=C\CCCCCCCC(=O)OOc1ccc([N+](=O)[O-])cc1[N+](=O)[O-]. The van der Waals surface area contributed by atoms with Crippen LogP contribution in [0, 0.1) is 20.2 Å². The fourth-order valence-corrected chi connectivity index (χ4v) is 3.05. The highest BCUT2D eigenvalue weighted by Gasteiger charge is 2.22. The fourth-order valence-electron chi connectivity index (χ4n) is 3.05. The largest absolute Gasteiger partial charge is 0.355 e. The molecule has 0 bridgehead atoms. The van der Waals surface area contributed by atoms with Crippen molar-refractivity contribution < 1.29 is 24.4 Å². The molecule has 0 aromatic heterocycles. The lowest BCUT2D eigenvalue weighted by Crippen LogP contribution is -2.09. The van der Waals surface area contributed by atoms with Crippen LogP contribution in [-0.4, -0.2) is 15.8 Å². The first-order valence-electron chi connectivity index (χ1n) is 11.6. The Morgan fingerprint density at radius 3 is 2.15 bits per heavy atom. The van der Waals surface area contributed by atoms with E-state index in [1.165, 1.54) is 19.3 Å². The van der Waals surface area contributed by atoms with E-state index in [1.807, 2.05) is 0 Å². The summed E-state index contributed by atoms with van der Waals surface area (Å²) in [5.74, 6) is -1.01. The van der Waals surface area contributed by atoms with Crippen LogP contribution in [0.25, 0.3) is 0 Å². The van der Waals surface area contributed by atoms with Gasteiger partial charge in [0.1, 0.15) is 0 Å². The number of benzene rings is 1. The number of hydrogen-bond donors (Lipinski definition) is 0. The first-order valence-corrected chi connectivity index (χ1v) is 11.6. The number of carbonyl (C=O) groups is 1. The predicted molar refractivity (Wildman–Crippen MR) is 126 cm³/mol. The molecule has 0 aliphatic carbocycles. The lowest BCUT2D eigenvalue weighted by Gasteiger charge is -2.05. The molecule has 0 saturated heterocycles. The van der Waals surface area contributed by atoms with Gasteiger partial charge < -0.3 is 0 Å². The van der Waals surface area contributed by atoms with Crippen molar-refractivity contribution in [1.82, 2.24) is 0 Å². The molecule has 0 aliphatic rings. The highest BCUT2D eigenvalue weighted by Crippen LogP contribution is 2.31. The van der Waals surface area contributed by atoms with Crippen LogP contribution in [0.2, 0.25) is 0 Å². The van der Waals surface area contributed by atoms with E-state index in [0.29, 0.717) is 6.42 Å². The second-order valence-electron chi connectivity index (χ2n) is 7.69. The molecule has 0 spiro atoms. The third-order valence-electron chi connectivity index (χ3n) is 4.91. The highest BCUT2D eigenvalue weighted by molar-refractivity contribution is 5.68. The van der Waals surface area contributed by atoms with E-state index in [-0.39, 0.29) is 12.2 Å². The average molecular weight is 463 g/mol. The van der Waals surface area contributed by atoms with E-state index in [2.05, 4.69) is 36.1 Å². The summed E-state index contributed by atoms with van der Waals surface area (Å²) in [5, 5.41) is 21.7. The first kappa shape index (κ1) is 27.8. The molecule has 33 heavy (non-hydrogen) atoms. The lowest BCUT2D eigenvalue weighted by molar-refractivity contribution is -0.396. The summed E-state index contributed by atoms with van der Waals surface area (Å²) in [6.45, 7) is 2.21. The Morgan fingerprint density at radius 1 is 0.879 bits per heavy atom. The van der Waals surface area contributed by atoms with Crippen LogP contribution in [0.1, 0.15) is 84.0 Å². The van der Waals surface area contributed by atoms with Crippen LogP contribution in [0.4, 0.5) is 11.4 Å². The molecule has 9 heteroatoms. The van der Waals surface area contributed by atoms with Crippen molar-refractivity contribution in [3.05, 3.63) is 62.7 Å². The molecule has 1 aromatic rings. The summed E-state index contributed by atoms with van der Waals surface area (Å²) < 4.78 is 0. The number of nitro groups is 2. The van der Waals surface area contributed by atoms with E-state index in [1.54, 1.807) is 0 Å². The van der Waals surface area contributed by atoms with E-state index in [0.717, 1.165) is 63.1 Å². The van der Waals surface area contributed by atoms with Gasteiger partial charge in [-0.1, -0.05) is 63.3 Å². The molecule has 0 atom stereocenters. The molecular weight excluding hydrogens is 428 g/mol. The minimum absolute atomic E-state index is 0.130. The predicted octanol–water partition coefficient (Wildman–Crippen LogP) is 7.15. The Bertz CT molecular complexity index is 806. The second-order valence-corrected chi connectivity index (χ2v) is 7.69. The van der Waals surface area contributed by atoms with Crippen molar-refractivity contribution in [2.75, 3.05) is 0 Å². The summed E-state index contributed by atoms with van der Waals surface area (Å²) in [5.41, 5.74) is -1.10. The highest BCUT2D eigenvalue weighted by atomic mass is 17.2. The third-order valence-corrected chi connectivity index (χ3v) is 4.91. The minimum Gasteiger partial charge on any atom is -0.280 e. The summed E-state index contributed by atoms with van der Waals surface area (Å²) in [6, 6.07) is 2.82. The van der Waals surface area contributed by atoms with Gasteiger partial charge in [-0.25, -0.2) is 4.79 Å². The summed E-state index contributed by atoms with van der Waals surface area (Å²) in [4.78, 5) is 41.3. The fraction of sp³-hybridized carbons (Fsp3) is 0.542. The molecule has 0 amide bonds. The van der Waals surface area contributed by atoms with Crippen molar-refractivity contribution >= 4 is 17.3 Å². The van der Waals surface area contributed by atoms with Gasteiger partial charge in [0, 0.05) is 6.07 Å². The van der Waals surface area contributed by atoms with Gasteiger partial charge in [0.15, 0.2) is 0 Å². The minimum atomic E-state index is -0.837. The maximum Gasteiger partial charge on any atom is 0.355 e. The van der Waals surface area contributed by atoms with E-state index < -0.39 is 27.2 Å². The van der Waals surface area contributed by atoms with Crippen LogP contribution >= 0.6 is 0 Å². The van der Waals surface area contributed by atoms with Crippen LogP contribution in [0.5, 0.6) is 5.75 Å². The Morgan fingerprint density at radius 2 is 1.52 bits per heavy atom. The van der Waals surface area contributed by atoms with E-state index in [4.69, 9.17) is 4.89 Å². The number of non-ortho nitro benzene ring substituents is 1. The van der Waals surface area contributed by atoms with Crippen LogP contribution < -0.4 is 4.89 Å². The molecule has 1 rings (SSSR count). The molecule has 0 fully saturated rings. The van der Waals surface area contributed by atoms with Gasteiger partial charge in [-0.15, -0.1) is 0 Å². The Balaban J connectivity index is 2.11. The zero-order valence-electron chi connectivity index (χ0n) is 19.3. The standard InChI is InChI=1S/C24H34N2O7/c1-2-3-4-5-6-7-8-9-10-11-12-13-14-15-16-17-24(27)33-32-23-19-18-21(25(28)29)20-22(23)26(30)31/h6-7,9-10,18-20H,2-5,8,11-17H2,1H3/b7-6-,10-9-. The molecular formula is C24H34N2O7. The molecule has 0 unspecified atom stereocenters. The number of allylic oxidation sites excluding steroid dienone is 4. The summed E-state index contributed by atoms with van der Waals surface area (Å²) in [7, 11) is 0. The van der Waals surface area contributed by atoms with Crippen LogP contribution in [-0.2, 0) is 9.68 Å². The normalized spacial score (nSPS) is 11.2. The number of nitro benzene ring substituents is 2. The van der Waals surface area contributed by atoms with Crippen molar-refractivity contribution in [3.63, 3.8) is 0 Å². The Kier molecular flexibility index (Phi) is 14.6. The molecule has 0 radical (unpaired) electrons. The smallest absolute Gasteiger partial charge is 0.280 e. The molecule has 1 aromatic carbocycles. The number of nitrogens with zero attached hydrogens (tertiary/aromatic N) is 2. The van der Waals surface area contributed by atoms with Gasteiger partial charge in [0.05, 0.1) is 22.3 Å². The van der Waals surface area contributed by atoms with Gasteiger partial charge in [0.25, 0.3) is 11.4 Å². The van der Waals surface area contributed by atoms with Gasteiger partial charge in [-0.2, -0.15) is 0 Å². The third kappa shape index (κ3) is 13.0. The molecule has 0 N–H and O–H groups in total. The van der Waals surface area contributed by atoms with Crippen molar-refractivity contribution in [2.45, 2.75) is 84.0 Å². The van der Waals surface area contributed by atoms with Gasteiger partial charge in [-0.3, -0.25) is 30.0 Å². The summed E-state index contributed by atoms with van der Waals surface area (Å²) >= 11 is 0. The van der Waals surface area contributed by atoms with Crippen molar-refractivity contribution in [2.24, 2.45) is 0 Å². The van der Waals surface area contributed by atoms with Crippen molar-refractivity contribution in [3.8, 4) is 5.75 Å². The van der Waals surface area contributed by atoms with Gasteiger partial charge in [-0.05, 0) is 44.6 Å². The maximum atomic E-state index is 11.8. The molecule has 0 heterocycles. The number of unbranched alkanes of at least 4 members (excludes halogenated alkanes) is 8. The lowest BCUT2D eigenvalue weighted by atomic mass is 10.1. The van der Waals surface area contributed by atoms with Crippen LogP contribution in [0.15, 0.2) is 42.5 Å². The van der Waals surface area contributed by atoms with Gasteiger partial charge in [0.2, 0.25) is 0 Å². The van der Waals surface area contributed by atoms with Crippen LogP contribution in [0.3, 0.4) is 0 Å². The Hall–Kier alpha value is -3.23. The molecule has 0 saturated carbocycles. The van der Waals surface area contributed by atoms with E-state index >= 15 is 0 Å².